The van der Waals surface area contributed by atoms with Gasteiger partial charge in [-0.1, -0.05) is 0 Å². The van der Waals surface area contributed by atoms with E-state index in [2.05, 4.69) is 4.98 Å². The Morgan fingerprint density at radius 3 is 2.94 bits per heavy atom. The summed E-state index contributed by atoms with van der Waals surface area (Å²) >= 11 is 1.43. The monoisotopic (exact) mass is 256 g/mol. The van der Waals surface area contributed by atoms with Gasteiger partial charge >= 0.3 is 0 Å². The van der Waals surface area contributed by atoms with Gasteiger partial charge in [-0.2, -0.15) is 0 Å². The zero-order valence-corrected chi connectivity index (χ0v) is 10.4. The number of piperidine rings is 1. The lowest BCUT2D eigenvalue weighted by molar-refractivity contribution is -0.00563. The Bertz CT molecular complexity index is 348. The molecule has 1 aromatic rings. The van der Waals surface area contributed by atoms with Gasteiger partial charge in [0.1, 0.15) is 5.69 Å². The fourth-order valence-electron chi connectivity index (χ4n) is 1.93. The van der Waals surface area contributed by atoms with Crippen LogP contribution in [0.5, 0.6) is 0 Å². The summed E-state index contributed by atoms with van der Waals surface area (Å²) in [6, 6.07) is 0. The molecule has 1 aliphatic rings. The van der Waals surface area contributed by atoms with Crippen molar-refractivity contribution < 1.29 is 14.6 Å². The highest BCUT2D eigenvalue weighted by Gasteiger charge is 2.24. The first-order valence-electron chi connectivity index (χ1n) is 5.71. The van der Waals surface area contributed by atoms with Gasteiger partial charge in [-0.3, -0.25) is 4.79 Å². The van der Waals surface area contributed by atoms with Crippen LogP contribution in [-0.4, -0.2) is 53.3 Å². The molecule has 0 unspecified atom stereocenters. The van der Waals surface area contributed by atoms with Crippen molar-refractivity contribution >= 4 is 17.2 Å². The van der Waals surface area contributed by atoms with Crippen LogP contribution in [0.25, 0.3) is 0 Å². The Balaban J connectivity index is 1.81. The van der Waals surface area contributed by atoms with E-state index in [0.29, 0.717) is 25.4 Å². The predicted octanol–water partition coefficient (Wildman–Crippen LogP) is 0.757. The second-order valence-corrected chi connectivity index (χ2v) is 4.68. The molecular weight excluding hydrogens is 240 g/mol. The number of likely N-dealkylation sites (tertiary alicyclic amines) is 1. The second kappa shape index (κ2) is 6.09. The molecule has 17 heavy (non-hydrogen) atoms. The topological polar surface area (TPSA) is 62.7 Å². The van der Waals surface area contributed by atoms with Gasteiger partial charge in [0.25, 0.3) is 5.91 Å². The van der Waals surface area contributed by atoms with Crippen LogP contribution in [-0.2, 0) is 4.74 Å². The molecule has 94 valence electrons. The molecule has 0 spiro atoms. The zero-order chi connectivity index (χ0) is 12.1. The molecule has 0 saturated carbocycles. The van der Waals surface area contributed by atoms with Gasteiger partial charge in [0.15, 0.2) is 0 Å². The Morgan fingerprint density at radius 1 is 1.59 bits per heavy atom. The number of amides is 1. The summed E-state index contributed by atoms with van der Waals surface area (Å²) in [6.07, 6.45) is 1.83. The maximum absolute atomic E-state index is 12.0. The van der Waals surface area contributed by atoms with Gasteiger partial charge in [0, 0.05) is 18.5 Å². The first-order chi connectivity index (χ1) is 8.31. The summed E-state index contributed by atoms with van der Waals surface area (Å²) in [6.45, 7) is 1.83. The molecule has 6 heteroatoms. The predicted molar refractivity (Wildman–Crippen MR) is 64.1 cm³/mol. The van der Waals surface area contributed by atoms with Gasteiger partial charge in [-0.25, -0.2) is 4.98 Å². The zero-order valence-electron chi connectivity index (χ0n) is 9.54. The summed E-state index contributed by atoms with van der Waals surface area (Å²) < 4.78 is 5.45. The van der Waals surface area contributed by atoms with Crippen molar-refractivity contribution in [3.8, 4) is 0 Å². The Kier molecular flexibility index (Phi) is 4.47. The first kappa shape index (κ1) is 12.5. The third-order valence-electron chi connectivity index (χ3n) is 2.83. The van der Waals surface area contributed by atoms with Crippen LogP contribution in [0.4, 0.5) is 0 Å². The largest absolute Gasteiger partial charge is 0.394 e. The minimum Gasteiger partial charge on any atom is -0.394 e. The summed E-state index contributed by atoms with van der Waals surface area (Å²) in [4.78, 5) is 17.8. The minimum absolute atomic E-state index is 0.00635. The molecule has 1 N–H and O–H groups in total. The lowest BCUT2D eigenvalue weighted by atomic mass is 10.1. The number of ether oxygens (including phenoxy) is 1. The molecule has 2 rings (SSSR count). The van der Waals surface area contributed by atoms with Crippen LogP contribution in [0.1, 0.15) is 23.3 Å². The Morgan fingerprint density at radius 2 is 2.35 bits per heavy atom. The van der Waals surface area contributed by atoms with Crippen molar-refractivity contribution in [1.29, 1.82) is 0 Å². The van der Waals surface area contributed by atoms with Gasteiger partial charge in [0.05, 0.1) is 24.8 Å². The number of aliphatic hydroxyl groups is 1. The van der Waals surface area contributed by atoms with Gasteiger partial charge in [-0.15, -0.1) is 11.3 Å². The number of hydrogen-bond acceptors (Lipinski definition) is 5. The highest BCUT2D eigenvalue weighted by Crippen LogP contribution is 2.16. The fraction of sp³-hybridized carbons (Fsp3) is 0.636. The van der Waals surface area contributed by atoms with Crippen molar-refractivity contribution in [1.82, 2.24) is 9.88 Å². The summed E-state index contributed by atoms with van der Waals surface area (Å²) in [5.74, 6) is 0.00635. The smallest absolute Gasteiger partial charge is 0.273 e. The molecule has 1 aliphatic heterocycles. The first-order valence-corrected chi connectivity index (χ1v) is 6.65. The maximum atomic E-state index is 12.0. The number of aromatic nitrogens is 1. The number of carbonyl (C=O) groups is 1. The molecule has 0 aliphatic carbocycles. The molecule has 0 atom stereocenters. The van der Waals surface area contributed by atoms with Crippen LogP contribution in [0.15, 0.2) is 10.9 Å². The number of rotatable bonds is 4. The van der Waals surface area contributed by atoms with Gasteiger partial charge in [0.2, 0.25) is 0 Å². The number of nitrogens with zero attached hydrogens (tertiary/aromatic N) is 2. The van der Waals surface area contributed by atoms with E-state index < -0.39 is 0 Å². The van der Waals surface area contributed by atoms with E-state index in [0.717, 1.165) is 12.8 Å². The number of thiazole rings is 1. The average molecular weight is 256 g/mol. The third-order valence-corrected chi connectivity index (χ3v) is 3.41. The summed E-state index contributed by atoms with van der Waals surface area (Å²) in [5.41, 5.74) is 2.20. The van der Waals surface area contributed by atoms with E-state index in [9.17, 15) is 4.79 Å². The molecular formula is C11H16N2O3S. The molecule has 5 nitrogen and oxygen atoms in total. The fourth-order valence-corrected chi connectivity index (χ4v) is 2.45. The Hall–Kier alpha value is -0.980. The van der Waals surface area contributed by atoms with Crippen molar-refractivity contribution in [2.75, 3.05) is 26.3 Å². The standard InChI is InChI=1S/C11H16N2O3S/c14-5-6-16-9-1-3-13(4-2-9)11(15)10-7-17-8-12-10/h7-9,14H,1-6H2. The second-order valence-electron chi connectivity index (χ2n) is 3.96. The van der Waals surface area contributed by atoms with Crippen LogP contribution in [0.3, 0.4) is 0 Å². The van der Waals surface area contributed by atoms with E-state index in [1.165, 1.54) is 11.3 Å². The van der Waals surface area contributed by atoms with Crippen LogP contribution in [0.2, 0.25) is 0 Å². The van der Waals surface area contributed by atoms with Crippen LogP contribution >= 0.6 is 11.3 Å². The average Bonchev–Trinajstić information content (AvgIpc) is 2.90. The van der Waals surface area contributed by atoms with Gasteiger partial charge < -0.3 is 14.7 Å². The lowest BCUT2D eigenvalue weighted by Gasteiger charge is -2.31. The van der Waals surface area contributed by atoms with E-state index in [1.54, 1.807) is 10.9 Å². The van der Waals surface area contributed by atoms with Crippen molar-refractivity contribution in [3.63, 3.8) is 0 Å². The van der Waals surface area contributed by atoms with E-state index in [-0.39, 0.29) is 18.6 Å². The molecule has 0 radical (unpaired) electrons. The van der Waals surface area contributed by atoms with Crippen molar-refractivity contribution in [2.24, 2.45) is 0 Å². The number of aliphatic hydroxyl groups excluding tert-OH is 1. The van der Waals surface area contributed by atoms with E-state index in [1.807, 2.05) is 4.90 Å². The third kappa shape index (κ3) is 3.24. The summed E-state index contributed by atoms with van der Waals surface area (Å²) in [5, 5.41) is 10.4. The van der Waals surface area contributed by atoms with Crippen LogP contribution < -0.4 is 0 Å². The number of hydrogen-bond donors (Lipinski definition) is 1. The molecule has 0 aromatic carbocycles. The molecule has 0 bridgehead atoms. The quantitative estimate of drug-likeness (QED) is 0.863. The molecule has 1 saturated heterocycles. The summed E-state index contributed by atoms with van der Waals surface area (Å²) in [7, 11) is 0. The van der Waals surface area contributed by atoms with Gasteiger partial charge in [-0.05, 0) is 12.8 Å². The molecule has 1 amide bonds. The molecule has 1 fully saturated rings. The highest BCUT2D eigenvalue weighted by atomic mass is 32.1. The minimum atomic E-state index is 0.00635. The van der Waals surface area contributed by atoms with Crippen LogP contribution in [0, 0.1) is 0 Å². The maximum Gasteiger partial charge on any atom is 0.273 e. The number of carbonyl (C=O) groups excluding carboxylic acids is 1. The highest BCUT2D eigenvalue weighted by molar-refractivity contribution is 7.07. The van der Waals surface area contributed by atoms with E-state index in [4.69, 9.17) is 9.84 Å². The molecule has 2 heterocycles. The van der Waals surface area contributed by atoms with Crippen molar-refractivity contribution in [2.45, 2.75) is 18.9 Å². The van der Waals surface area contributed by atoms with E-state index >= 15 is 0 Å². The lowest BCUT2D eigenvalue weighted by Crippen LogP contribution is -2.41. The van der Waals surface area contributed by atoms with Crippen molar-refractivity contribution in [3.05, 3.63) is 16.6 Å². The normalized spacial score (nSPS) is 17.4. The Labute approximate surface area is 104 Å². The SMILES string of the molecule is O=C(c1cscn1)N1CCC(OCCO)CC1. The molecule has 1 aromatic heterocycles.